The number of nitrogens with one attached hydrogen (secondary N) is 2. The predicted molar refractivity (Wildman–Crippen MR) is 84.1 cm³/mol. The van der Waals surface area contributed by atoms with Crippen LogP contribution >= 0.6 is 0 Å². The van der Waals surface area contributed by atoms with Gasteiger partial charge in [-0.25, -0.2) is 4.39 Å². The first-order valence-electron chi connectivity index (χ1n) is 6.95. The lowest BCUT2D eigenvalue weighted by Gasteiger charge is -2.19. The molecular formula is C14H24FN3O2S. The number of hydrogen-bond acceptors (Lipinski definition) is 3. The number of hydrogen-bond donors (Lipinski definition) is 2. The maximum Gasteiger partial charge on any atom is 0.301 e. The molecule has 1 aromatic carbocycles. The number of benzene rings is 1. The van der Waals surface area contributed by atoms with Gasteiger partial charge in [-0.2, -0.15) is 12.7 Å². The van der Waals surface area contributed by atoms with Gasteiger partial charge in [-0.1, -0.05) is 13.8 Å². The Kier molecular flexibility index (Phi) is 6.57. The lowest BCUT2D eigenvalue weighted by molar-refractivity contribution is 0.451. The first-order chi connectivity index (χ1) is 9.70. The standard InChI is InChI=1S/C14H24FN3O2S/c1-11(2)16-6-5-7-18(4)21(19,20)17-14-9-12(3)8-13(15)10-14/h8-11,16-17H,5-7H2,1-4H3. The third-order valence-corrected chi connectivity index (χ3v) is 4.40. The van der Waals surface area contributed by atoms with Crippen LogP contribution in [0.25, 0.3) is 0 Å². The summed E-state index contributed by atoms with van der Waals surface area (Å²) in [7, 11) is -2.15. The fourth-order valence-electron chi connectivity index (χ4n) is 1.83. The van der Waals surface area contributed by atoms with Crippen LogP contribution in [0.1, 0.15) is 25.8 Å². The monoisotopic (exact) mass is 317 g/mol. The molecule has 0 saturated heterocycles. The van der Waals surface area contributed by atoms with Crippen LogP contribution in [0.5, 0.6) is 0 Å². The Morgan fingerprint density at radius 1 is 1.29 bits per heavy atom. The summed E-state index contributed by atoms with van der Waals surface area (Å²) in [5.74, 6) is -0.462. The van der Waals surface area contributed by atoms with Crippen molar-refractivity contribution < 1.29 is 12.8 Å². The highest BCUT2D eigenvalue weighted by Gasteiger charge is 2.17. The second-order valence-electron chi connectivity index (χ2n) is 5.41. The smallest absolute Gasteiger partial charge is 0.301 e. The average Bonchev–Trinajstić information content (AvgIpc) is 2.32. The Morgan fingerprint density at radius 2 is 1.95 bits per heavy atom. The number of halogens is 1. The highest BCUT2D eigenvalue weighted by molar-refractivity contribution is 7.90. The van der Waals surface area contributed by atoms with E-state index >= 15 is 0 Å². The van der Waals surface area contributed by atoms with E-state index in [9.17, 15) is 12.8 Å². The lowest BCUT2D eigenvalue weighted by Crippen LogP contribution is -2.35. The van der Waals surface area contributed by atoms with Crippen molar-refractivity contribution in [2.75, 3.05) is 24.9 Å². The summed E-state index contributed by atoms with van der Waals surface area (Å²) in [6.07, 6.45) is 0.706. The van der Waals surface area contributed by atoms with Crippen LogP contribution < -0.4 is 10.0 Å². The summed E-state index contributed by atoms with van der Waals surface area (Å²) in [6.45, 7) is 6.92. The summed E-state index contributed by atoms with van der Waals surface area (Å²) in [5, 5.41) is 3.23. The molecule has 0 aliphatic rings. The van der Waals surface area contributed by atoms with Crippen molar-refractivity contribution in [3.05, 3.63) is 29.6 Å². The molecule has 2 N–H and O–H groups in total. The van der Waals surface area contributed by atoms with Gasteiger partial charge in [0, 0.05) is 19.6 Å². The molecule has 21 heavy (non-hydrogen) atoms. The molecule has 0 spiro atoms. The highest BCUT2D eigenvalue weighted by atomic mass is 32.2. The van der Waals surface area contributed by atoms with Crippen molar-refractivity contribution in [2.45, 2.75) is 33.2 Å². The number of aryl methyl sites for hydroxylation is 1. The van der Waals surface area contributed by atoms with Crippen LogP contribution in [-0.2, 0) is 10.2 Å². The maximum atomic E-state index is 13.3. The molecule has 7 heteroatoms. The van der Waals surface area contributed by atoms with Crippen molar-refractivity contribution in [3.63, 3.8) is 0 Å². The van der Waals surface area contributed by atoms with Crippen molar-refractivity contribution in [3.8, 4) is 0 Å². The van der Waals surface area contributed by atoms with Crippen LogP contribution in [0, 0.1) is 12.7 Å². The Hall–Kier alpha value is -1.18. The van der Waals surface area contributed by atoms with Crippen LogP contribution in [0.4, 0.5) is 10.1 Å². The summed E-state index contributed by atoms with van der Waals surface area (Å²) >= 11 is 0. The van der Waals surface area contributed by atoms with E-state index in [1.807, 2.05) is 13.8 Å². The van der Waals surface area contributed by atoms with E-state index in [-0.39, 0.29) is 5.69 Å². The SMILES string of the molecule is Cc1cc(F)cc(NS(=O)(=O)N(C)CCCNC(C)C)c1. The van der Waals surface area contributed by atoms with Gasteiger partial charge in [0.1, 0.15) is 5.82 Å². The molecule has 0 aromatic heterocycles. The molecule has 1 rings (SSSR count). The van der Waals surface area contributed by atoms with E-state index in [0.29, 0.717) is 24.6 Å². The van der Waals surface area contributed by atoms with Crippen molar-refractivity contribution >= 4 is 15.9 Å². The minimum Gasteiger partial charge on any atom is -0.314 e. The van der Waals surface area contributed by atoms with Gasteiger partial charge in [0.2, 0.25) is 0 Å². The Bertz CT molecular complexity index is 541. The lowest BCUT2D eigenvalue weighted by atomic mass is 10.2. The molecule has 0 atom stereocenters. The molecule has 0 heterocycles. The molecule has 0 radical (unpaired) electrons. The van der Waals surface area contributed by atoms with E-state index in [4.69, 9.17) is 0 Å². The van der Waals surface area contributed by atoms with Gasteiger partial charge in [-0.3, -0.25) is 4.72 Å². The van der Waals surface area contributed by atoms with E-state index in [2.05, 4.69) is 10.0 Å². The minimum absolute atomic E-state index is 0.236. The van der Waals surface area contributed by atoms with Gasteiger partial charge in [0.25, 0.3) is 0 Å². The third kappa shape index (κ3) is 6.41. The van der Waals surface area contributed by atoms with Crippen LogP contribution in [-0.4, -0.2) is 38.9 Å². The van der Waals surface area contributed by atoms with Crippen LogP contribution in [0.2, 0.25) is 0 Å². The van der Waals surface area contributed by atoms with Gasteiger partial charge in [0.05, 0.1) is 5.69 Å². The van der Waals surface area contributed by atoms with Crippen LogP contribution in [0.15, 0.2) is 18.2 Å². The normalized spacial score (nSPS) is 12.1. The van der Waals surface area contributed by atoms with Gasteiger partial charge >= 0.3 is 10.2 Å². The quantitative estimate of drug-likeness (QED) is 0.722. The average molecular weight is 317 g/mol. The Balaban J connectivity index is 2.59. The Morgan fingerprint density at radius 3 is 2.52 bits per heavy atom. The summed E-state index contributed by atoms with van der Waals surface area (Å²) in [6, 6.07) is 4.48. The predicted octanol–water partition coefficient (Wildman–Crippen LogP) is 2.11. The zero-order chi connectivity index (χ0) is 16.0. The van der Waals surface area contributed by atoms with E-state index in [1.54, 1.807) is 13.0 Å². The molecule has 0 unspecified atom stereocenters. The van der Waals surface area contributed by atoms with E-state index in [1.165, 1.54) is 23.5 Å². The minimum atomic E-state index is -3.66. The summed E-state index contributed by atoms with van der Waals surface area (Å²) in [4.78, 5) is 0. The van der Waals surface area contributed by atoms with Gasteiger partial charge in [-0.05, 0) is 43.7 Å². The second-order valence-corrected chi connectivity index (χ2v) is 7.19. The first-order valence-corrected chi connectivity index (χ1v) is 8.39. The number of rotatable bonds is 8. The zero-order valence-electron chi connectivity index (χ0n) is 13.0. The fraction of sp³-hybridized carbons (Fsp3) is 0.571. The number of anilines is 1. The zero-order valence-corrected chi connectivity index (χ0v) is 13.8. The van der Waals surface area contributed by atoms with Gasteiger partial charge in [0.15, 0.2) is 0 Å². The molecule has 5 nitrogen and oxygen atoms in total. The summed E-state index contributed by atoms with van der Waals surface area (Å²) in [5.41, 5.74) is 0.899. The number of nitrogens with zero attached hydrogens (tertiary/aromatic N) is 1. The van der Waals surface area contributed by atoms with Gasteiger partial charge < -0.3 is 5.32 Å². The van der Waals surface area contributed by atoms with Crippen LogP contribution in [0.3, 0.4) is 0 Å². The molecule has 0 aliphatic carbocycles. The largest absolute Gasteiger partial charge is 0.314 e. The molecule has 0 aliphatic heterocycles. The fourth-order valence-corrected chi connectivity index (χ4v) is 2.78. The highest BCUT2D eigenvalue weighted by Crippen LogP contribution is 2.15. The van der Waals surface area contributed by atoms with Crippen molar-refractivity contribution in [2.24, 2.45) is 0 Å². The molecule has 0 fully saturated rings. The molecule has 0 bridgehead atoms. The molecular weight excluding hydrogens is 293 g/mol. The molecule has 1 aromatic rings. The van der Waals surface area contributed by atoms with Gasteiger partial charge in [-0.15, -0.1) is 0 Å². The second kappa shape index (κ2) is 7.72. The molecule has 0 amide bonds. The van der Waals surface area contributed by atoms with Crippen molar-refractivity contribution in [1.82, 2.24) is 9.62 Å². The van der Waals surface area contributed by atoms with Crippen molar-refractivity contribution in [1.29, 1.82) is 0 Å². The van der Waals surface area contributed by atoms with E-state index < -0.39 is 16.0 Å². The third-order valence-electron chi connectivity index (χ3n) is 2.90. The molecule has 0 saturated carbocycles. The topological polar surface area (TPSA) is 61.4 Å². The first kappa shape index (κ1) is 17.9. The Labute approximate surface area is 126 Å². The van der Waals surface area contributed by atoms with E-state index in [0.717, 1.165) is 6.54 Å². The molecule has 120 valence electrons. The summed E-state index contributed by atoms with van der Waals surface area (Å²) < 4.78 is 41.1. The maximum absolute atomic E-state index is 13.3.